The smallest absolute Gasteiger partial charge is 0.255 e. The molecule has 2 heterocycles. The Kier molecular flexibility index (Phi) is 5.28. The topological polar surface area (TPSA) is 43.8 Å². The van der Waals surface area contributed by atoms with Gasteiger partial charge in [-0.2, -0.15) is 0 Å². The van der Waals surface area contributed by atoms with Crippen molar-refractivity contribution in [3.05, 3.63) is 47.5 Å². The van der Waals surface area contributed by atoms with E-state index in [1.165, 1.54) is 0 Å². The first-order chi connectivity index (χ1) is 11.6. The molecule has 1 N–H and O–H groups in total. The maximum atomic E-state index is 12.9. The van der Waals surface area contributed by atoms with Crippen molar-refractivity contribution in [3.63, 3.8) is 0 Å². The van der Waals surface area contributed by atoms with E-state index >= 15 is 0 Å². The Balaban J connectivity index is 1.79. The SMILES string of the molecule is C=CCN1CC[C@@H](O)[C@]2(CCCN(C(=O)c3ccccc3Cl)C2)C1. The first-order valence-corrected chi connectivity index (χ1v) is 8.99. The fraction of sp³-hybridized carbons (Fsp3) is 0.526. The Bertz CT molecular complexity index is 621. The lowest BCUT2D eigenvalue weighted by atomic mass is 9.71. The van der Waals surface area contributed by atoms with Gasteiger partial charge in [-0.1, -0.05) is 29.8 Å². The van der Waals surface area contributed by atoms with Gasteiger partial charge in [0.1, 0.15) is 0 Å². The molecule has 4 nitrogen and oxygen atoms in total. The van der Waals surface area contributed by atoms with Gasteiger partial charge in [-0.25, -0.2) is 0 Å². The summed E-state index contributed by atoms with van der Waals surface area (Å²) in [5.41, 5.74) is 0.306. The second kappa shape index (κ2) is 7.26. The third-order valence-electron chi connectivity index (χ3n) is 5.35. The molecule has 0 radical (unpaired) electrons. The number of nitrogens with zero attached hydrogens (tertiary/aromatic N) is 2. The molecular formula is C19H25ClN2O2. The van der Waals surface area contributed by atoms with Crippen molar-refractivity contribution in [3.8, 4) is 0 Å². The molecule has 2 atom stereocenters. The van der Waals surface area contributed by atoms with E-state index in [-0.39, 0.29) is 17.4 Å². The lowest BCUT2D eigenvalue weighted by molar-refractivity contribution is -0.0762. The molecule has 130 valence electrons. The van der Waals surface area contributed by atoms with Crippen LogP contribution in [0.2, 0.25) is 5.02 Å². The Hall–Kier alpha value is -1.36. The van der Waals surface area contributed by atoms with Crippen LogP contribution in [0.5, 0.6) is 0 Å². The van der Waals surface area contributed by atoms with Gasteiger partial charge in [0.05, 0.1) is 16.7 Å². The lowest BCUT2D eigenvalue weighted by Crippen LogP contribution is -2.59. The average molecular weight is 349 g/mol. The van der Waals surface area contributed by atoms with Gasteiger partial charge in [-0.05, 0) is 31.4 Å². The largest absolute Gasteiger partial charge is 0.392 e. The minimum atomic E-state index is -0.361. The number of aliphatic hydroxyl groups excluding tert-OH is 1. The molecule has 2 fully saturated rings. The summed E-state index contributed by atoms with van der Waals surface area (Å²) in [5, 5.41) is 11.2. The minimum absolute atomic E-state index is 0.0345. The molecule has 0 saturated carbocycles. The van der Waals surface area contributed by atoms with E-state index < -0.39 is 0 Å². The number of halogens is 1. The van der Waals surface area contributed by atoms with Crippen molar-refractivity contribution in [1.29, 1.82) is 0 Å². The second-order valence-corrected chi connectivity index (χ2v) is 7.41. The van der Waals surface area contributed by atoms with Gasteiger partial charge >= 0.3 is 0 Å². The highest BCUT2D eigenvalue weighted by atomic mass is 35.5. The van der Waals surface area contributed by atoms with Crippen molar-refractivity contribution in [2.75, 3.05) is 32.7 Å². The molecule has 1 aromatic rings. The van der Waals surface area contributed by atoms with Crippen LogP contribution in [0.4, 0.5) is 0 Å². The summed E-state index contributed by atoms with van der Waals surface area (Å²) in [6.07, 6.45) is 4.16. The van der Waals surface area contributed by atoms with Gasteiger partial charge in [0, 0.05) is 38.1 Å². The monoisotopic (exact) mass is 348 g/mol. The fourth-order valence-corrected chi connectivity index (χ4v) is 4.34. The van der Waals surface area contributed by atoms with Crippen molar-refractivity contribution >= 4 is 17.5 Å². The van der Waals surface area contributed by atoms with Crippen molar-refractivity contribution < 1.29 is 9.90 Å². The Morgan fingerprint density at radius 3 is 2.92 bits per heavy atom. The number of benzene rings is 1. The summed E-state index contributed by atoms with van der Waals surface area (Å²) in [6.45, 7) is 7.65. The van der Waals surface area contributed by atoms with E-state index in [0.29, 0.717) is 17.1 Å². The highest BCUT2D eigenvalue weighted by molar-refractivity contribution is 6.33. The summed E-state index contributed by atoms with van der Waals surface area (Å²) >= 11 is 6.19. The van der Waals surface area contributed by atoms with E-state index in [1.54, 1.807) is 12.1 Å². The summed E-state index contributed by atoms with van der Waals surface area (Å²) < 4.78 is 0. The van der Waals surface area contributed by atoms with Gasteiger partial charge in [-0.15, -0.1) is 6.58 Å². The number of hydrogen-bond donors (Lipinski definition) is 1. The van der Waals surface area contributed by atoms with Crippen molar-refractivity contribution in [2.24, 2.45) is 5.41 Å². The van der Waals surface area contributed by atoms with Crippen molar-refractivity contribution in [1.82, 2.24) is 9.80 Å². The van der Waals surface area contributed by atoms with E-state index in [9.17, 15) is 9.90 Å². The molecule has 1 amide bonds. The molecule has 0 aromatic heterocycles. The van der Waals surface area contributed by atoms with Crippen LogP contribution in [0, 0.1) is 5.41 Å². The van der Waals surface area contributed by atoms with Crippen LogP contribution in [0.15, 0.2) is 36.9 Å². The number of piperidine rings is 2. The van der Waals surface area contributed by atoms with Crippen LogP contribution in [-0.2, 0) is 0 Å². The van der Waals surface area contributed by atoms with Crippen LogP contribution in [0.25, 0.3) is 0 Å². The van der Waals surface area contributed by atoms with Gasteiger partial charge in [0.2, 0.25) is 0 Å². The number of rotatable bonds is 3. The number of carbonyl (C=O) groups excluding carboxylic acids is 1. The predicted molar refractivity (Wildman–Crippen MR) is 96.3 cm³/mol. The zero-order valence-electron chi connectivity index (χ0n) is 14.0. The standard InChI is InChI=1S/C19H25ClN2O2/c1-2-10-21-12-8-17(23)19(13-21)9-5-11-22(14-19)18(24)15-6-3-4-7-16(15)20/h2-4,6-7,17,23H,1,5,8-14H2/t17-,19-/m1/s1. The lowest BCUT2D eigenvalue weighted by Gasteiger charge is -2.51. The van der Waals surface area contributed by atoms with Crippen molar-refractivity contribution in [2.45, 2.75) is 25.4 Å². The first-order valence-electron chi connectivity index (χ1n) is 8.61. The van der Waals surface area contributed by atoms with Gasteiger partial charge in [0.15, 0.2) is 0 Å². The summed E-state index contributed by atoms with van der Waals surface area (Å²) in [4.78, 5) is 17.1. The maximum Gasteiger partial charge on any atom is 0.255 e. The second-order valence-electron chi connectivity index (χ2n) is 7.00. The van der Waals surface area contributed by atoms with Crippen LogP contribution >= 0.6 is 11.6 Å². The number of carbonyl (C=O) groups is 1. The van der Waals surface area contributed by atoms with E-state index in [2.05, 4.69) is 11.5 Å². The summed E-state index contributed by atoms with van der Waals surface area (Å²) in [5.74, 6) is -0.0345. The van der Waals surface area contributed by atoms with Crippen LogP contribution < -0.4 is 0 Å². The highest BCUT2D eigenvalue weighted by Gasteiger charge is 2.46. The van der Waals surface area contributed by atoms with E-state index in [0.717, 1.165) is 45.4 Å². The zero-order chi connectivity index (χ0) is 17.2. The van der Waals surface area contributed by atoms with Gasteiger partial charge in [0.25, 0.3) is 5.91 Å². The third kappa shape index (κ3) is 3.37. The molecule has 2 aliphatic rings. The Morgan fingerprint density at radius 1 is 1.38 bits per heavy atom. The number of aliphatic hydroxyl groups is 1. The van der Waals surface area contributed by atoms with Crippen LogP contribution in [0.3, 0.4) is 0 Å². The first kappa shape index (κ1) is 17.5. The molecule has 0 bridgehead atoms. The average Bonchev–Trinajstić information content (AvgIpc) is 2.59. The molecular weight excluding hydrogens is 324 g/mol. The Morgan fingerprint density at radius 2 is 2.17 bits per heavy atom. The number of hydrogen-bond acceptors (Lipinski definition) is 3. The molecule has 0 unspecified atom stereocenters. The van der Waals surface area contributed by atoms with Crippen LogP contribution in [0.1, 0.15) is 29.6 Å². The molecule has 2 aliphatic heterocycles. The molecule has 3 rings (SSSR count). The van der Waals surface area contributed by atoms with Crippen LogP contribution in [-0.4, -0.2) is 59.6 Å². The predicted octanol–water partition coefficient (Wildman–Crippen LogP) is 2.82. The quantitative estimate of drug-likeness (QED) is 0.854. The Labute approximate surface area is 148 Å². The number of likely N-dealkylation sites (tertiary alicyclic amines) is 2. The molecule has 2 saturated heterocycles. The normalized spacial score (nSPS) is 28.1. The summed E-state index contributed by atoms with van der Waals surface area (Å²) in [6, 6.07) is 7.18. The van der Waals surface area contributed by atoms with Gasteiger partial charge < -0.3 is 10.0 Å². The zero-order valence-corrected chi connectivity index (χ0v) is 14.7. The molecule has 5 heteroatoms. The molecule has 1 aromatic carbocycles. The fourth-order valence-electron chi connectivity index (χ4n) is 4.12. The third-order valence-corrected chi connectivity index (χ3v) is 5.68. The molecule has 24 heavy (non-hydrogen) atoms. The van der Waals surface area contributed by atoms with Gasteiger partial charge in [-0.3, -0.25) is 9.69 Å². The number of amides is 1. The van der Waals surface area contributed by atoms with E-state index in [1.807, 2.05) is 23.1 Å². The maximum absolute atomic E-state index is 12.9. The highest BCUT2D eigenvalue weighted by Crippen LogP contribution is 2.39. The molecule has 0 aliphatic carbocycles. The molecule has 1 spiro atoms. The van der Waals surface area contributed by atoms with E-state index in [4.69, 9.17) is 11.6 Å². The summed E-state index contributed by atoms with van der Waals surface area (Å²) in [7, 11) is 0. The minimum Gasteiger partial charge on any atom is -0.392 e.